The summed E-state index contributed by atoms with van der Waals surface area (Å²) >= 11 is 3.46. The van der Waals surface area contributed by atoms with Gasteiger partial charge in [-0.2, -0.15) is 0 Å². The second-order valence-electron chi connectivity index (χ2n) is 5.27. The molecule has 0 spiro atoms. The lowest BCUT2D eigenvalue weighted by Crippen LogP contribution is -2.06. The lowest BCUT2D eigenvalue weighted by atomic mass is 10.0. The topological polar surface area (TPSA) is 57.7 Å². The molecule has 0 saturated carbocycles. The number of aromatic nitrogens is 1. The number of ketones is 1. The number of hydrogen-bond donors (Lipinski definition) is 0. The van der Waals surface area contributed by atoms with Gasteiger partial charge < -0.3 is 14.2 Å². The van der Waals surface area contributed by atoms with E-state index in [2.05, 4.69) is 20.9 Å². The van der Waals surface area contributed by atoms with Crippen molar-refractivity contribution in [2.75, 3.05) is 21.3 Å². The van der Waals surface area contributed by atoms with Crippen LogP contribution in [0.2, 0.25) is 0 Å². The first-order valence-corrected chi connectivity index (χ1v) is 8.27. The summed E-state index contributed by atoms with van der Waals surface area (Å²) in [5, 5.41) is 1.62. The Balaban J connectivity index is 2.13. The Hall–Kier alpha value is -2.60. The van der Waals surface area contributed by atoms with Crippen LogP contribution in [0.25, 0.3) is 10.8 Å². The average molecular weight is 402 g/mol. The van der Waals surface area contributed by atoms with Gasteiger partial charge in [0.25, 0.3) is 0 Å². The summed E-state index contributed by atoms with van der Waals surface area (Å²) < 4.78 is 16.6. The average Bonchev–Trinajstić information content (AvgIpc) is 2.65. The largest absolute Gasteiger partial charge is 0.496 e. The molecule has 0 radical (unpaired) electrons. The highest BCUT2D eigenvalue weighted by Crippen LogP contribution is 2.33. The SMILES string of the molecule is COc1cc2ccnc(C(=O)c3ccc(OC)c(OC)c3)c2cc1Br. The Labute approximate surface area is 153 Å². The van der Waals surface area contributed by atoms with E-state index in [0.717, 1.165) is 15.2 Å². The summed E-state index contributed by atoms with van der Waals surface area (Å²) in [5.74, 6) is 1.57. The summed E-state index contributed by atoms with van der Waals surface area (Å²) in [6.45, 7) is 0. The number of benzene rings is 2. The number of methoxy groups -OCH3 is 3. The van der Waals surface area contributed by atoms with Crippen LogP contribution in [-0.4, -0.2) is 32.1 Å². The summed E-state index contributed by atoms with van der Waals surface area (Å²) in [6, 6.07) is 10.6. The van der Waals surface area contributed by atoms with E-state index in [0.29, 0.717) is 28.5 Å². The quantitative estimate of drug-likeness (QED) is 0.597. The van der Waals surface area contributed by atoms with Crippen LogP contribution in [0.4, 0.5) is 0 Å². The molecule has 25 heavy (non-hydrogen) atoms. The second-order valence-corrected chi connectivity index (χ2v) is 6.12. The van der Waals surface area contributed by atoms with Crippen LogP contribution in [-0.2, 0) is 0 Å². The van der Waals surface area contributed by atoms with Gasteiger partial charge in [0, 0.05) is 17.1 Å². The van der Waals surface area contributed by atoms with Gasteiger partial charge in [-0.15, -0.1) is 0 Å². The first-order valence-electron chi connectivity index (χ1n) is 7.48. The number of fused-ring (bicyclic) bond motifs is 1. The van der Waals surface area contributed by atoms with Crippen LogP contribution >= 0.6 is 15.9 Å². The summed E-state index contributed by atoms with van der Waals surface area (Å²) in [5.41, 5.74) is 0.845. The molecular formula is C19H16BrNO4. The maximum atomic E-state index is 13.0. The van der Waals surface area contributed by atoms with Crippen LogP contribution in [0.3, 0.4) is 0 Å². The Morgan fingerprint density at radius 2 is 1.64 bits per heavy atom. The maximum Gasteiger partial charge on any atom is 0.212 e. The minimum Gasteiger partial charge on any atom is -0.496 e. The third-order valence-electron chi connectivity index (χ3n) is 3.90. The van der Waals surface area contributed by atoms with Crippen LogP contribution in [0, 0.1) is 0 Å². The van der Waals surface area contributed by atoms with Crippen LogP contribution in [0.15, 0.2) is 47.1 Å². The molecule has 5 nitrogen and oxygen atoms in total. The third kappa shape index (κ3) is 3.17. The van der Waals surface area contributed by atoms with Gasteiger partial charge in [-0.1, -0.05) is 0 Å². The van der Waals surface area contributed by atoms with Gasteiger partial charge in [0.2, 0.25) is 5.78 Å². The molecule has 3 rings (SSSR count). The van der Waals surface area contributed by atoms with Crippen molar-refractivity contribution in [1.82, 2.24) is 4.98 Å². The van der Waals surface area contributed by atoms with Crippen molar-refractivity contribution in [3.63, 3.8) is 0 Å². The molecule has 0 fully saturated rings. The van der Waals surface area contributed by atoms with Crippen molar-refractivity contribution < 1.29 is 19.0 Å². The zero-order chi connectivity index (χ0) is 18.0. The Kier molecular flexibility index (Phi) is 4.90. The van der Waals surface area contributed by atoms with Gasteiger partial charge in [-0.3, -0.25) is 9.78 Å². The van der Waals surface area contributed by atoms with Gasteiger partial charge in [0.05, 0.1) is 25.8 Å². The number of nitrogens with zero attached hydrogens (tertiary/aromatic N) is 1. The zero-order valence-electron chi connectivity index (χ0n) is 14.0. The van der Waals surface area contributed by atoms with Crippen molar-refractivity contribution in [2.45, 2.75) is 0 Å². The normalized spacial score (nSPS) is 10.6. The lowest BCUT2D eigenvalue weighted by molar-refractivity contribution is 0.103. The van der Waals surface area contributed by atoms with Gasteiger partial charge in [-0.25, -0.2) is 0 Å². The van der Waals surface area contributed by atoms with Crippen molar-refractivity contribution in [2.24, 2.45) is 0 Å². The predicted molar refractivity (Wildman–Crippen MR) is 99.0 cm³/mol. The highest BCUT2D eigenvalue weighted by molar-refractivity contribution is 9.10. The molecule has 0 aliphatic carbocycles. The first kappa shape index (κ1) is 17.2. The molecule has 0 aliphatic heterocycles. The molecule has 0 N–H and O–H groups in total. The van der Waals surface area contributed by atoms with E-state index < -0.39 is 0 Å². The number of pyridine rings is 1. The fraction of sp³-hybridized carbons (Fsp3) is 0.158. The van der Waals surface area contributed by atoms with Gasteiger partial charge in [0.15, 0.2) is 11.5 Å². The Bertz CT molecular complexity index is 956. The molecule has 0 unspecified atom stereocenters. The smallest absolute Gasteiger partial charge is 0.212 e. The fourth-order valence-corrected chi connectivity index (χ4v) is 3.13. The number of hydrogen-bond acceptors (Lipinski definition) is 5. The van der Waals surface area contributed by atoms with Crippen molar-refractivity contribution in [1.29, 1.82) is 0 Å². The highest BCUT2D eigenvalue weighted by Gasteiger charge is 2.17. The van der Waals surface area contributed by atoms with Crippen LogP contribution < -0.4 is 14.2 Å². The number of rotatable bonds is 5. The molecule has 1 heterocycles. The number of carbonyl (C=O) groups is 1. The molecule has 128 valence electrons. The molecule has 0 aliphatic rings. The maximum absolute atomic E-state index is 13.0. The first-order chi connectivity index (χ1) is 12.1. The molecule has 1 aromatic heterocycles. The van der Waals surface area contributed by atoms with E-state index in [1.807, 2.05) is 18.2 Å². The van der Waals surface area contributed by atoms with Gasteiger partial charge in [0.1, 0.15) is 11.4 Å². The van der Waals surface area contributed by atoms with Crippen molar-refractivity contribution >= 4 is 32.5 Å². The monoisotopic (exact) mass is 401 g/mol. The number of halogens is 1. The zero-order valence-corrected chi connectivity index (χ0v) is 15.6. The van der Waals surface area contributed by atoms with Crippen molar-refractivity contribution in [3.8, 4) is 17.2 Å². The fourth-order valence-electron chi connectivity index (χ4n) is 2.63. The van der Waals surface area contributed by atoms with Crippen LogP contribution in [0.1, 0.15) is 16.1 Å². The molecule has 0 saturated heterocycles. The van der Waals surface area contributed by atoms with Crippen molar-refractivity contribution in [3.05, 3.63) is 58.3 Å². The Morgan fingerprint density at radius 1 is 0.920 bits per heavy atom. The van der Waals surface area contributed by atoms with E-state index in [1.54, 1.807) is 38.6 Å². The number of ether oxygens (including phenoxy) is 3. The van der Waals surface area contributed by atoms with E-state index in [9.17, 15) is 4.79 Å². The van der Waals surface area contributed by atoms with E-state index in [4.69, 9.17) is 14.2 Å². The minimum atomic E-state index is -0.191. The lowest BCUT2D eigenvalue weighted by Gasteiger charge is -2.11. The van der Waals surface area contributed by atoms with E-state index in [-0.39, 0.29) is 5.78 Å². The molecule has 3 aromatic rings. The summed E-state index contributed by atoms with van der Waals surface area (Å²) in [4.78, 5) is 17.3. The standard InChI is InChI=1S/C19H16BrNO4/c1-23-15-5-4-12(9-17(15)25-3)19(22)18-13-10-14(20)16(24-2)8-11(13)6-7-21-18/h4-10H,1-3H3. The van der Waals surface area contributed by atoms with Gasteiger partial charge in [-0.05, 0) is 57.7 Å². The molecule has 6 heteroatoms. The summed E-state index contributed by atoms with van der Waals surface area (Å²) in [7, 11) is 4.69. The Morgan fingerprint density at radius 3 is 2.32 bits per heavy atom. The molecule has 0 atom stereocenters. The molecule has 2 aromatic carbocycles. The predicted octanol–water partition coefficient (Wildman–Crippen LogP) is 4.25. The van der Waals surface area contributed by atoms with Gasteiger partial charge >= 0.3 is 0 Å². The van der Waals surface area contributed by atoms with E-state index >= 15 is 0 Å². The molecule has 0 amide bonds. The molecule has 0 bridgehead atoms. The second kappa shape index (κ2) is 7.11. The number of carbonyl (C=O) groups excluding carboxylic acids is 1. The van der Waals surface area contributed by atoms with Crippen LogP contribution in [0.5, 0.6) is 17.2 Å². The highest BCUT2D eigenvalue weighted by atomic mass is 79.9. The van der Waals surface area contributed by atoms with E-state index in [1.165, 1.54) is 7.11 Å². The summed E-state index contributed by atoms with van der Waals surface area (Å²) in [6.07, 6.45) is 1.61. The third-order valence-corrected chi connectivity index (χ3v) is 4.52. The molecular weight excluding hydrogens is 386 g/mol. The minimum absolute atomic E-state index is 0.191.